The largest absolute Gasteiger partial charge is 0.467 e. The molecule has 1 saturated heterocycles. The quantitative estimate of drug-likeness (QED) is 0.445. The van der Waals surface area contributed by atoms with E-state index in [1.54, 1.807) is 17.1 Å². The molecule has 4 heterocycles. The third-order valence-corrected chi connectivity index (χ3v) is 6.53. The second kappa shape index (κ2) is 9.06. The zero-order valence-corrected chi connectivity index (χ0v) is 20.1. The molecule has 0 radical (unpaired) electrons. The Morgan fingerprint density at radius 2 is 1.85 bits per heavy atom. The number of aromatic nitrogens is 3. The number of carbonyl (C=O) groups excluding carboxylic acids is 1. The van der Waals surface area contributed by atoms with Gasteiger partial charge in [-0.2, -0.15) is 5.10 Å². The van der Waals surface area contributed by atoms with E-state index >= 15 is 0 Å². The van der Waals surface area contributed by atoms with Crippen molar-refractivity contribution >= 4 is 16.9 Å². The van der Waals surface area contributed by atoms with Crippen molar-refractivity contribution in [3.63, 3.8) is 0 Å². The summed E-state index contributed by atoms with van der Waals surface area (Å²) in [5, 5.41) is 5.34. The second-order valence-electron chi connectivity index (χ2n) is 9.84. The average molecular weight is 458 g/mol. The average Bonchev–Trinajstić information content (AvgIpc) is 3.41. The monoisotopic (exact) mass is 457 g/mol. The number of hydrogen-bond donors (Lipinski definition) is 0. The van der Waals surface area contributed by atoms with E-state index in [-0.39, 0.29) is 11.4 Å². The summed E-state index contributed by atoms with van der Waals surface area (Å²) in [7, 11) is 0. The van der Waals surface area contributed by atoms with Crippen LogP contribution in [0, 0.1) is 0 Å². The van der Waals surface area contributed by atoms with Crippen LogP contribution in [-0.2, 0) is 6.54 Å². The molecule has 176 valence electrons. The van der Waals surface area contributed by atoms with E-state index in [1.807, 2.05) is 53.4 Å². The first-order chi connectivity index (χ1) is 16.4. The second-order valence-corrected chi connectivity index (χ2v) is 9.84. The van der Waals surface area contributed by atoms with Gasteiger partial charge >= 0.3 is 0 Å². The Bertz CT molecular complexity index is 1270. The molecular weight excluding hydrogens is 426 g/mol. The van der Waals surface area contributed by atoms with Gasteiger partial charge in [-0.3, -0.25) is 9.69 Å². The van der Waals surface area contributed by atoms with E-state index in [9.17, 15) is 4.79 Å². The van der Waals surface area contributed by atoms with Crippen molar-refractivity contribution < 1.29 is 9.21 Å². The van der Waals surface area contributed by atoms with Gasteiger partial charge in [0, 0.05) is 37.3 Å². The normalized spacial score (nSPS) is 15.6. The predicted molar refractivity (Wildman–Crippen MR) is 133 cm³/mol. The van der Waals surface area contributed by atoms with Crippen LogP contribution in [0.5, 0.6) is 0 Å². The number of pyridine rings is 1. The number of carbonyl (C=O) groups is 1. The minimum atomic E-state index is 0.0397. The molecule has 0 aliphatic carbocycles. The Balaban J connectivity index is 1.54. The lowest BCUT2D eigenvalue weighted by Crippen LogP contribution is -2.44. The Labute approximate surface area is 200 Å². The Kier molecular flexibility index (Phi) is 5.96. The maximum Gasteiger partial charge on any atom is 0.254 e. The van der Waals surface area contributed by atoms with E-state index in [1.165, 1.54) is 0 Å². The summed E-state index contributed by atoms with van der Waals surface area (Å²) >= 11 is 0. The minimum absolute atomic E-state index is 0.0397. The molecule has 0 N–H and O–H groups in total. The van der Waals surface area contributed by atoms with Crippen LogP contribution in [-0.4, -0.2) is 62.2 Å². The van der Waals surface area contributed by atoms with Crippen LogP contribution in [0.1, 0.15) is 43.3 Å². The first kappa shape index (κ1) is 22.3. The van der Waals surface area contributed by atoms with Crippen LogP contribution in [0.2, 0.25) is 0 Å². The van der Waals surface area contributed by atoms with Crippen LogP contribution >= 0.6 is 0 Å². The van der Waals surface area contributed by atoms with Gasteiger partial charge in [0.1, 0.15) is 12.3 Å². The van der Waals surface area contributed by atoms with Gasteiger partial charge < -0.3 is 9.32 Å². The van der Waals surface area contributed by atoms with Crippen molar-refractivity contribution in [2.75, 3.05) is 26.2 Å². The van der Waals surface area contributed by atoms with Crippen molar-refractivity contribution in [2.24, 2.45) is 0 Å². The molecule has 7 heteroatoms. The van der Waals surface area contributed by atoms with E-state index in [0.29, 0.717) is 24.3 Å². The SMILES string of the molecule is CC(C)(C)N1CCCN(C(=O)c2cc(-c3ccccc3)nc3c2cnn3Cc2ccco2)CC1. The molecule has 1 amide bonds. The molecule has 0 atom stereocenters. The fourth-order valence-corrected chi connectivity index (χ4v) is 4.61. The highest BCUT2D eigenvalue weighted by Crippen LogP contribution is 2.27. The molecule has 0 saturated carbocycles. The van der Waals surface area contributed by atoms with Crippen LogP contribution in [0.15, 0.2) is 65.4 Å². The van der Waals surface area contributed by atoms with Gasteiger partial charge in [-0.1, -0.05) is 30.3 Å². The van der Waals surface area contributed by atoms with Crippen molar-refractivity contribution in [3.05, 3.63) is 72.3 Å². The number of furan rings is 1. The van der Waals surface area contributed by atoms with Crippen LogP contribution < -0.4 is 0 Å². The molecule has 3 aromatic heterocycles. The van der Waals surface area contributed by atoms with Gasteiger partial charge in [0.15, 0.2) is 5.65 Å². The van der Waals surface area contributed by atoms with Gasteiger partial charge in [-0.05, 0) is 45.4 Å². The first-order valence-electron chi connectivity index (χ1n) is 11.9. The molecule has 0 bridgehead atoms. The molecular formula is C27H31N5O2. The van der Waals surface area contributed by atoms with E-state index in [4.69, 9.17) is 9.40 Å². The fraction of sp³-hybridized carbons (Fsp3) is 0.370. The van der Waals surface area contributed by atoms with E-state index in [0.717, 1.165) is 48.5 Å². The number of rotatable bonds is 4. The highest BCUT2D eigenvalue weighted by atomic mass is 16.3. The van der Waals surface area contributed by atoms with Crippen molar-refractivity contribution in [1.82, 2.24) is 24.6 Å². The molecule has 1 aliphatic rings. The molecule has 7 nitrogen and oxygen atoms in total. The van der Waals surface area contributed by atoms with Crippen molar-refractivity contribution in [1.29, 1.82) is 0 Å². The van der Waals surface area contributed by atoms with E-state index in [2.05, 4.69) is 30.8 Å². The third-order valence-electron chi connectivity index (χ3n) is 6.53. The summed E-state index contributed by atoms with van der Waals surface area (Å²) in [6, 6.07) is 15.7. The highest BCUT2D eigenvalue weighted by molar-refractivity contribution is 6.06. The lowest BCUT2D eigenvalue weighted by Gasteiger charge is -2.34. The maximum atomic E-state index is 13.9. The number of fused-ring (bicyclic) bond motifs is 1. The molecule has 4 aromatic rings. The number of benzene rings is 1. The summed E-state index contributed by atoms with van der Waals surface area (Å²) in [6.07, 6.45) is 4.37. The number of amides is 1. The van der Waals surface area contributed by atoms with Gasteiger partial charge in [-0.25, -0.2) is 9.67 Å². The number of nitrogens with zero attached hydrogens (tertiary/aromatic N) is 5. The van der Waals surface area contributed by atoms with Gasteiger partial charge in [-0.15, -0.1) is 0 Å². The molecule has 1 aromatic carbocycles. The zero-order chi connectivity index (χ0) is 23.7. The zero-order valence-electron chi connectivity index (χ0n) is 20.1. The minimum Gasteiger partial charge on any atom is -0.467 e. The summed E-state index contributed by atoms with van der Waals surface area (Å²) in [4.78, 5) is 23.2. The topological polar surface area (TPSA) is 67.4 Å². The molecule has 0 spiro atoms. The van der Waals surface area contributed by atoms with Crippen molar-refractivity contribution in [3.8, 4) is 11.3 Å². The standard InChI is InChI=1S/C27H31N5O2/c1-27(2,3)31-13-8-12-30(14-15-31)26(33)22-17-24(20-9-5-4-6-10-20)29-25-23(22)18-28-32(25)19-21-11-7-16-34-21/h4-7,9-11,16-18H,8,12-15,19H2,1-3H3. The smallest absolute Gasteiger partial charge is 0.254 e. The molecule has 1 fully saturated rings. The van der Waals surface area contributed by atoms with Crippen LogP contribution in [0.3, 0.4) is 0 Å². The lowest BCUT2D eigenvalue weighted by atomic mass is 10.1. The van der Waals surface area contributed by atoms with Gasteiger partial charge in [0.25, 0.3) is 5.91 Å². The molecule has 5 rings (SSSR count). The Morgan fingerprint density at radius 1 is 1.03 bits per heavy atom. The summed E-state index contributed by atoms with van der Waals surface area (Å²) < 4.78 is 7.33. The van der Waals surface area contributed by atoms with Gasteiger partial charge in [0.05, 0.1) is 29.1 Å². The highest BCUT2D eigenvalue weighted by Gasteiger charge is 2.28. The molecule has 1 aliphatic heterocycles. The van der Waals surface area contributed by atoms with Gasteiger partial charge in [0.2, 0.25) is 0 Å². The predicted octanol–water partition coefficient (Wildman–Crippen LogP) is 4.69. The third kappa shape index (κ3) is 4.48. The molecule has 34 heavy (non-hydrogen) atoms. The number of hydrogen-bond acceptors (Lipinski definition) is 5. The van der Waals surface area contributed by atoms with Crippen LogP contribution in [0.25, 0.3) is 22.3 Å². The van der Waals surface area contributed by atoms with Crippen molar-refractivity contribution in [2.45, 2.75) is 39.3 Å². The Hall–Kier alpha value is -3.45. The summed E-state index contributed by atoms with van der Waals surface area (Å²) in [5.41, 5.74) is 3.17. The first-order valence-corrected chi connectivity index (χ1v) is 11.9. The summed E-state index contributed by atoms with van der Waals surface area (Å²) in [5.74, 6) is 0.831. The lowest BCUT2D eigenvalue weighted by molar-refractivity contribution is 0.0751. The fourth-order valence-electron chi connectivity index (χ4n) is 4.61. The molecule has 0 unspecified atom stereocenters. The Morgan fingerprint density at radius 3 is 2.59 bits per heavy atom. The summed E-state index contributed by atoms with van der Waals surface area (Å²) in [6.45, 7) is 10.5. The maximum absolute atomic E-state index is 13.9. The van der Waals surface area contributed by atoms with Crippen LogP contribution in [0.4, 0.5) is 0 Å². The van der Waals surface area contributed by atoms with E-state index < -0.39 is 0 Å².